The van der Waals surface area contributed by atoms with Crippen molar-refractivity contribution < 1.29 is 8.42 Å². The largest absolute Gasteiger partial charge is 0.383 e. The van der Waals surface area contributed by atoms with Gasteiger partial charge < -0.3 is 5.73 Å². The Morgan fingerprint density at radius 3 is 2.56 bits per heavy atom. The molecule has 0 unspecified atom stereocenters. The Labute approximate surface area is 95.3 Å². The summed E-state index contributed by atoms with van der Waals surface area (Å²) in [5, 5.41) is 0. The average molecular weight is 241 g/mol. The molecular formula is C10H15N3O2S. The summed E-state index contributed by atoms with van der Waals surface area (Å²) in [5.74, 6) is 0.530. The van der Waals surface area contributed by atoms with E-state index in [2.05, 4.69) is 4.98 Å². The third-order valence-corrected chi connectivity index (χ3v) is 4.55. The molecule has 1 fully saturated rings. The number of rotatable bonds is 3. The maximum atomic E-state index is 12.0. The molecule has 1 aromatic rings. The summed E-state index contributed by atoms with van der Waals surface area (Å²) in [6.45, 7) is 0. The standard InChI is InChI=1S/C10H15N3O2S/c1-13(2)16(14,15)9-5-8(7-3-4-7)6-12-10(9)11/h5-7H,3-4H2,1-2H3,(H2,11,12). The molecule has 0 saturated heterocycles. The van der Waals surface area contributed by atoms with Crippen LogP contribution in [0.25, 0.3) is 0 Å². The van der Waals surface area contributed by atoms with Gasteiger partial charge in [0.05, 0.1) is 0 Å². The van der Waals surface area contributed by atoms with E-state index in [1.165, 1.54) is 14.1 Å². The molecule has 88 valence electrons. The second-order valence-corrected chi connectivity index (χ2v) is 6.33. The molecule has 0 spiro atoms. The zero-order chi connectivity index (χ0) is 11.9. The topological polar surface area (TPSA) is 76.3 Å². The molecule has 0 bridgehead atoms. The molecule has 0 radical (unpaired) electrons. The van der Waals surface area contributed by atoms with Crippen molar-refractivity contribution in [3.63, 3.8) is 0 Å². The molecule has 6 heteroatoms. The molecule has 2 N–H and O–H groups in total. The van der Waals surface area contributed by atoms with E-state index in [-0.39, 0.29) is 10.7 Å². The summed E-state index contributed by atoms with van der Waals surface area (Å²) in [6, 6.07) is 1.65. The minimum Gasteiger partial charge on any atom is -0.383 e. The fourth-order valence-corrected chi connectivity index (χ4v) is 2.51. The summed E-state index contributed by atoms with van der Waals surface area (Å²) in [4.78, 5) is 4.07. The van der Waals surface area contributed by atoms with E-state index in [9.17, 15) is 8.42 Å². The van der Waals surface area contributed by atoms with Crippen LogP contribution in [-0.2, 0) is 10.0 Å². The molecule has 0 amide bonds. The molecule has 0 aliphatic heterocycles. The fraction of sp³-hybridized carbons (Fsp3) is 0.500. The summed E-state index contributed by atoms with van der Waals surface area (Å²) in [6.07, 6.45) is 3.88. The van der Waals surface area contributed by atoms with Gasteiger partial charge in [0.1, 0.15) is 10.7 Å². The number of anilines is 1. The molecule has 16 heavy (non-hydrogen) atoms. The third kappa shape index (κ3) is 1.90. The lowest BCUT2D eigenvalue weighted by molar-refractivity contribution is 0.520. The number of hydrogen-bond acceptors (Lipinski definition) is 4. The van der Waals surface area contributed by atoms with Crippen LogP contribution in [0.1, 0.15) is 24.3 Å². The molecule has 1 aliphatic rings. The van der Waals surface area contributed by atoms with Crippen molar-refractivity contribution in [2.24, 2.45) is 0 Å². The van der Waals surface area contributed by atoms with E-state index in [1.54, 1.807) is 12.3 Å². The number of nitrogen functional groups attached to an aromatic ring is 1. The molecule has 2 rings (SSSR count). The van der Waals surface area contributed by atoms with E-state index in [1.807, 2.05) is 0 Å². The Balaban J connectivity index is 2.50. The van der Waals surface area contributed by atoms with Crippen LogP contribution in [0.15, 0.2) is 17.2 Å². The van der Waals surface area contributed by atoms with Gasteiger partial charge in [-0.1, -0.05) is 0 Å². The first kappa shape index (κ1) is 11.3. The normalized spacial score (nSPS) is 16.7. The quantitative estimate of drug-likeness (QED) is 0.849. The summed E-state index contributed by atoms with van der Waals surface area (Å²) < 4.78 is 25.1. The van der Waals surface area contributed by atoms with Crippen molar-refractivity contribution in [1.82, 2.24) is 9.29 Å². The molecular weight excluding hydrogens is 226 g/mol. The van der Waals surface area contributed by atoms with E-state index < -0.39 is 10.0 Å². The number of sulfonamides is 1. The molecule has 1 aromatic heterocycles. The van der Waals surface area contributed by atoms with Crippen molar-refractivity contribution in [1.29, 1.82) is 0 Å². The fourth-order valence-electron chi connectivity index (χ4n) is 1.51. The number of pyridine rings is 1. The van der Waals surface area contributed by atoms with Gasteiger partial charge >= 0.3 is 0 Å². The van der Waals surface area contributed by atoms with Crippen LogP contribution >= 0.6 is 0 Å². The van der Waals surface area contributed by atoms with E-state index in [4.69, 9.17) is 5.73 Å². The van der Waals surface area contributed by atoms with Crippen molar-refractivity contribution >= 4 is 15.8 Å². The van der Waals surface area contributed by atoms with Gasteiger partial charge in [0, 0.05) is 20.3 Å². The van der Waals surface area contributed by atoms with Crippen LogP contribution in [0.5, 0.6) is 0 Å². The SMILES string of the molecule is CN(C)S(=O)(=O)c1cc(C2CC2)cnc1N. The molecule has 1 heterocycles. The van der Waals surface area contributed by atoms with Crippen LogP contribution in [0.2, 0.25) is 0 Å². The molecule has 1 aliphatic carbocycles. The first-order chi connectivity index (χ1) is 7.43. The van der Waals surface area contributed by atoms with E-state index in [0.717, 1.165) is 22.7 Å². The van der Waals surface area contributed by atoms with Gasteiger partial charge in [-0.05, 0) is 30.4 Å². The number of nitrogens with zero attached hydrogens (tertiary/aromatic N) is 2. The molecule has 0 atom stereocenters. The number of aromatic nitrogens is 1. The minimum atomic E-state index is -3.49. The Kier molecular flexibility index (Phi) is 2.63. The predicted octanol–water partition coefficient (Wildman–Crippen LogP) is 0.792. The predicted molar refractivity (Wildman–Crippen MR) is 61.5 cm³/mol. The van der Waals surface area contributed by atoms with Crippen molar-refractivity contribution in [3.05, 3.63) is 17.8 Å². The highest BCUT2D eigenvalue weighted by Crippen LogP contribution is 2.40. The second-order valence-electron chi connectivity index (χ2n) is 4.21. The van der Waals surface area contributed by atoms with Gasteiger partial charge in [-0.3, -0.25) is 0 Å². The Hall–Kier alpha value is -1.14. The van der Waals surface area contributed by atoms with Crippen molar-refractivity contribution in [2.75, 3.05) is 19.8 Å². The zero-order valence-electron chi connectivity index (χ0n) is 9.34. The number of nitrogens with two attached hydrogens (primary N) is 1. The van der Waals surface area contributed by atoms with Crippen LogP contribution in [0.4, 0.5) is 5.82 Å². The smallest absolute Gasteiger partial charge is 0.246 e. The van der Waals surface area contributed by atoms with Gasteiger partial charge in [0.2, 0.25) is 10.0 Å². The number of hydrogen-bond donors (Lipinski definition) is 1. The first-order valence-electron chi connectivity index (χ1n) is 5.11. The maximum Gasteiger partial charge on any atom is 0.246 e. The summed E-state index contributed by atoms with van der Waals surface area (Å²) in [7, 11) is -0.521. The molecule has 5 nitrogen and oxygen atoms in total. The summed E-state index contributed by atoms with van der Waals surface area (Å²) in [5.41, 5.74) is 6.58. The van der Waals surface area contributed by atoms with Gasteiger partial charge in [-0.25, -0.2) is 17.7 Å². The first-order valence-corrected chi connectivity index (χ1v) is 6.55. The third-order valence-electron chi connectivity index (χ3n) is 2.71. The lowest BCUT2D eigenvalue weighted by Gasteiger charge is -2.13. The lowest BCUT2D eigenvalue weighted by atomic mass is 10.2. The average Bonchev–Trinajstić information content (AvgIpc) is 3.01. The molecule has 1 saturated carbocycles. The van der Waals surface area contributed by atoms with Crippen LogP contribution in [-0.4, -0.2) is 31.8 Å². The zero-order valence-corrected chi connectivity index (χ0v) is 10.2. The van der Waals surface area contributed by atoms with Crippen LogP contribution in [0.3, 0.4) is 0 Å². The van der Waals surface area contributed by atoms with E-state index >= 15 is 0 Å². The lowest BCUT2D eigenvalue weighted by Crippen LogP contribution is -2.23. The van der Waals surface area contributed by atoms with Crippen LogP contribution < -0.4 is 5.73 Å². The maximum absolute atomic E-state index is 12.0. The van der Waals surface area contributed by atoms with Crippen molar-refractivity contribution in [3.8, 4) is 0 Å². The van der Waals surface area contributed by atoms with Gasteiger partial charge in [0.25, 0.3) is 0 Å². The van der Waals surface area contributed by atoms with Gasteiger partial charge in [0.15, 0.2) is 0 Å². The van der Waals surface area contributed by atoms with Gasteiger partial charge in [-0.15, -0.1) is 0 Å². The Morgan fingerprint density at radius 1 is 1.44 bits per heavy atom. The second kappa shape index (κ2) is 3.71. The van der Waals surface area contributed by atoms with Gasteiger partial charge in [-0.2, -0.15) is 0 Å². The Morgan fingerprint density at radius 2 is 2.06 bits per heavy atom. The summed E-state index contributed by atoms with van der Waals surface area (Å²) >= 11 is 0. The van der Waals surface area contributed by atoms with E-state index in [0.29, 0.717) is 5.92 Å². The van der Waals surface area contributed by atoms with Crippen LogP contribution in [0, 0.1) is 0 Å². The van der Waals surface area contributed by atoms with Crippen molar-refractivity contribution in [2.45, 2.75) is 23.7 Å². The molecule has 0 aromatic carbocycles. The minimum absolute atomic E-state index is 0.0677. The monoisotopic (exact) mass is 241 g/mol. The highest BCUT2D eigenvalue weighted by atomic mass is 32.2. The Bertz CT molecular complexity index is 507. The highest BCUT2D eigenvalue weighted by molar-refractivity contribution is 7.89. The highest BCUT2D eigenvalue weighted by Gasteiger charge is 2.28.